The summed E-state index contributed by atoms with van der Waals surface area (Å²) in [4.78, 5) is 0. The number of hydrogen-bond acceptors (Lipinski definition) is 3. The first-order chi connectivity index (χ1) is 6.40. The van der Waals surface area contributed by atoms with Crippen LogP contribution in [-0.4, -0.2) is 11.2 Å². The van der Waals surface area contributed by atoms with Gasteiger partial charge in [-0.05, 0) is 18.3 Å². The smallest absolute Gasteiger partial charge is 0.139 e. The van der Waals surface area contributed by atoms with Gasteiger partial charge in [0.1, 0.15) is 5.92 Å². The van der Waals surface area contributed by atoms with Crippen LogP contribution < -0.4 is 0 Å². The summed E-state index contributed by atoms with van der Waals surface area (Å²) in [5.41, 5.74) is -0.751. The van der Waals surface area contributed by atoms with E-state index >= 15 is 0 Å². The summed E-state index contributed by atoms with van der Waals surface area (Å²) in [5, 5.41) is 27.6. The number of nitriles is 2. The molecule has 0 aromatic carbocycles. The minimum atomic E-state index is -0.630. The number of nitrogens with zero attached hydrogens (tertiary/aromatic N) is 2. The highest BCUT2D eigenvalue weighted by Crippen LogP contribution is 2.56. The average Bonchev–Trinajstić information content (AvgIpc) is 2.33. The Morgan fingerprint density at radius 2 is 1.79 bits per heavy atom. The first-order valence-corrected chi connectivity index (χ1v) is 4.87. The van der Waals surface area contributed by atoms with E-state index in [2.05, 4.69) is 0 Å². The Morgan fingerprint density at radius 3 is 2.07 bits per heavy atom. The third-order valence-corrected chi connectivity index (χ3v) is 4.14. The topological polar surface area (TPSA) is 67.8 Å². The standard InChI is InChI=1S/C11H16N2O/c1-10(2)9(14)4-5-11(10,3)8(6-12)7-13/h8-9,14H,4-5H2,1-3H3/t9-,11-/m1/s1. The van der Waals surface area contributed by atoms with Crippen molar-refractivity contribution < 1.29 is 5.11 Å². The molecule has 0 unspecified atom stereocenters. The van der Waals surface area contributed by atoms with Gasteiger partial charge in [0.25, 0.3) is 0 Å². The zero-order valence-corrected chi connectivity index (χ0v) is 8.91. The molecule has 1 N–H and O–H groups in total. The summed E-state index contributed by atoms with van der Waals surface area (Å²) >= 11 is 0. The van der Waals surface area contributed by atoms with Crippen molar-refractivity contribution in [2.24, 2.45) is 16.7 Å². The molecule has 0 aromatic rings. The van der Waals surface area contributed by atoms with Crippen molar-refractivity contribution >= 4 is 0 Å². The van der Waals surface area contributed by atoms with Crippen LogP contribution in [0.15, 0.2) is 0 Å². The lowest BCUT2D eigenvalue weighted by Crippen LogP contribution is -2.41. The van der Waals surface area contributed by atoms with Gasteiger partial charge in [0.05, 0.1) is 18.2 Å². The van der Waals surface area contributed by atoms with Gasteiger partial charge in [-0.1, -0.05) is 20.8 Å². The van der Waals surface area contributed by atoms with Crippen LogP contribution in [0.4, 0.5) is 0 Å². The molecule has 0 heterocycles. The van der Waals surface area contributed by atoms with Crippen LogP contribution in [-0.2, 0) is 0 Å². The Balaban J connectivity index is 3.09. The second-order valence-corrected chi connectivity index (χ2v) is 4.88. The van der Waals surface area contributed by atoms with Gasteiger partial charge >= 0.3 is 0 Å². The number of aliphatic hydroxyl groups excluding tert-OH is 1. The molecule has 14 heavy (non-hydrogen) atoms. The molecular formula is C11H16N2O. The molecule has 0 aromatic heterocycles. The first kappa shape index (κ1) is 11.0. The zero-order chi connectivity index (χ0) is 11.0. The fourth-order valence-electron chi connectivity index (χ4n) is 2.33. The molecule has 1 rings (SSSR count). The van der Waals surface area contributed by atoms with Gasteiger partial charge < -0.3 is 5.11 Å². The zero-order valence-electron chi connectivity index (χ0n) is 8.91. The van der Waals surface area contributed by atoms with Crippen LogP contribution in [0.25, 0.3) is 0 Å². The molecule has 1 aliphatic rings. The highest BCUT2D eigenvalue weighted by Gasteiger charge is 2.55. The van der Waals surface area contributed by atoms with Gasteiger partial charge in [-0.25, -0.2) is 0 Å². The summed E-state index contributed by atoms with van der Waals surface area (Å²) in [5.74, 6) is -0.630. The van der Waals surface area contributed by atoms with E-state index in [1.54, 1.807) is 0 Å². The van der Waals surface area contributed by atoms with Crippen LogP contribution in [0.3, 0.4) is 0 Å². The van der Waals surface area contributed by atoms with E-state index in [4.69, 9.17) is 10.5 Å². The van der Waals surface area contributed by atoms with E-state index in [9.17, 15) is 5.11 Å². The SMILES string of the molecule is CC1(C)[C@H](O)CC[C@]1(C)C(C#N)C#N. The van der Waals surface area contributed by atoms with Crippen LogP contribution in [0.5, 0.6) is 0 Å². The van der Waals surface area contributed by atoms with Crippen molar-refractivity contribution in [1.29, 1.82) is 10.5 Å². The summed E-state index contributed by atoms with van der Waals surface area (Å²) in [6.45, 7) is 5.80. The second-order valence-electron chi connectivity index (χ2n) is 4.88. The molecule has 0 bridgehead atoms. The third kappa shape index (κ3) is 1.21. The molecule has 2 atom stereocenters. The summed E-state index contributed by atoms with van der Waals surface area (Å²) in [7, 11) is 0. The lowest BCUT2D eigenvalue weighted by atomic mass is 9.62. The molecule has 1 saturated carbocycles. The minimum absolute atomic E-state index is 0.358. The van der Waals surface area contributed by atoms with E-state index in [1.165, 1.54) is 0 Å². The van der Waals surface area contributed by atoms with E-state index in [0.717, 1.165) is 6.42 Å². The number of hydrogen-bond donors (Lipinski definition) is 1. The Labute approximate surface area is 85.0 Å². The monoisotopic (exact) mass is 192 g/mol. The van der Waals surface area contributed by atoms with Crippen LogP contribution in [0.1, 0.15) is 33.6 Å². The molecule has 76 valence electrons. The maximum Gasteiger partial charge on any atom is 0.139 e. The predicted molar refractivity (Wildman–Crippen MR) is 51.8 cm³/mol. The summed E-state index contributed by atoms with van der Waals surface area (Å²) in [6, 6.07) is 4.08. The maximum atomic E-state index is 9.81. The van der Waals surface area contributed by atoms with Crippen LogP contribution in [0, 0.1) is 39.4 Å². The van der Waals surface area contributed by atoms with Crippen molar-refractivity contribution in [1.82, 2.24) is 0 Å². The third-order valence-electron chi connectivity index (χ3n) is 4.14. The van der Waals surface area contributed by atoms with Gasteiger partial charge in [-0.15, -0.1) is 0 Å². The van der Waals surface area contributed by atoms with Crippen molar-refractivity contribution in [3.8, 4) is 12.1 Å². The van der Waals surface area contributed by atoms with Crippen molar-refractivity contribution in [2.75, 3.05) is 0 Å². The predicted octanol–water partition coefficient (Wildman–Crippen LogP) is 1.84. The van der Waals surface area contributed by atoms with Crippen LogP contribution >= 0.6 is 0 Å². The summed E-state index contributed by atoms with van der Waals surface area (Å²) in [6.07, 6.45) is 1.02. The normalized spacial score (nSPS) is 35.2. The van der Waals surface area contributed by atoms with Gasteiger partial charge in [0.15, 0.2) is 0 Å². The fourth-order valence-corrected chi connectivity index (χ4v) is 2.33. The highest BCUT2D eigenvalue weighted by atomic mass is 16.3. The minimum Gasteiger partial charge on any atom is -0.393 e. The number of rotatable bonds is 1. The lowest BCUT2D eigenvalue weighted by Gasteiger charge is -2.40. The molecule has 1 fully saturated rings. The Morgan fingerprint density at radius 1 is 1.29 bits per heavy atom. The van der Waals surface area contributed by atoms with Gasteiger partial charge in [0.2, 0.25) is 0 Å². The van der Waals surface area contributed by atoms with Crippen molar-refractivity contribution in [2.45, 2.75) is 39.7 Å². The lowest BCUT2D eigenvalue weighted by molar-refractivity contribution is 0.00169. The summed E-state index contributed by atoms with van der Waals surface area (Å²) < 4.78 is 0. The van der Waals surface area contributed by atoms with E-state index in [0.29, 0.717) is 6.42 Å². The molecule has 0 spiro atoms. The molecular weight excluding hydrogens is 176 g/mol. The Kier molecular flexibility index (Phi) is 2.56. The molecule has 0 saturated heterocycles. The number of aliphatic hydroxyl groups is 1. The largest absolute Gasteiger partial charge is 0.393 e. The average molecular weight is 192 g/mol. The Hall–Kier alpha value is -1.06. The van der Waals surface area contributed by atoms with Gasteiger partial charge in [-0.3, -0.25) is 0 Å². The maximum absolute atomic E-state index is 9.81. The van der Waals surface area contributed by atoms with E-state index < -0.39 is 17.4 Å². The van der Waals surface area contributed by atoms with Crippen molar-refractivity contribution in [3.63, 3.8) is 0 Å². The molecule has 0 aliphatic heterocycles. The Bertz CT molecular complexity index is 296. The highest BCUT2D eigenvalue weighted by molar-refractivity contribution is 5.15. The fraction of sp³-hybridized carbons (Fsp3) is 0.818. The van der Waals surface area contributed by atoms with Crippen molar-refractivity contribution in [3.05, 3.63) is 0 Å². The quantitative estimate of drug-likeness (QED) is 0.689. The molecule has 3 heteroatoms. The van der Waals surface area contributed by atoms with E-state index in [-0.39, 0.29) is 5.41 Å². The molecule has 0 radical (unpaired) electrons. The van der Waals surface area contributed by atoms with Gasteiger partial charge in [-0.2, -0.15) is 10.5 Å². The molecule has 3 nitrogen and oxygen atoms in total. The molecule has 1 aliphatic carbocycles. The first-order valence-electron chi connectivity index (χ1n) is 4.87. The second kappa shape index (κ2) is 3.26. The molecule has 0 amide bonds. The van der Waals surface area contributed by atoms with Gasteiger partial charge in [0, 0.05) is 5.41 Å². The van der Waals surface area contributed by atoms with E-state index in [1.807, 2.05) is 32.9 Å². The van der Waals surface area contributed by atoms with Crippen LogP contribution in [0.2, 0.25) is 0 Å².